The molecule has 1 rings (SSSR count). The second-order valence-electron chi connectivity index (χ2n) is 10.7. The summed E-state index contributed by atoms with van der Waals surface area (Å²) in [5.41, 5.74) is 5.67. The fourth-order valence-corrected chi connectivity index (χ4v) is 6.27. The first-order valence-corrected chi connectivity index (χ1v) is 15.3. The molecule has 0 aromatic heterocycles. The van der Waals surface area contributed by atoms with E-state index in [0.717, 1.165) is 24.0 Å². The van der Waals surface area contributed by atoms with Gasteiger partial charge in [-0.3, -0.25) is 10.2 Å². The number of benzene rings is 1. The van der Waals surface area contributed by atoms with Crippen molar-refractivity contribution in [3.63, 3.8) is 0 Å². The number of aliphatic hydroxyl groups excluding tert-OH is 1. The molecule has 10 heteroatoms. The molecule has 0 radical (unpaired) electrons. The van der Waals surface area contributed by atoms with Crippen LogP contribution in [-0.4, -0.2) is 69.9 Å². The van der Waals surface area contributed by atoms with Crippen molar-refractivity contribution in [1.82, 2.24) is 10.9 Å². The van der Waals surface area contributed by atoms with Crippen LogP contribution in [0.4, 0.5) is 0 Å². The van der Waals surface area contributed by atoms with E-state index in [1.54, 1.807) is 14.0 Å². The standard InChI is InChI=1S/C28H48N2O7S/c1-7-9-17-37-24(25(32)36-8-2)20-22-12-10-13-23(19-22)28(5,26(33)30-29-6)15-11-14-27(3,4)21-38(34,35)18-16-31/h10,12-13,19,24,29,31H,7-9,11,14-18,20-21H2,1-6H3,(H,30,33). The molecule has 0 saturated carbocycles. The number of sulfone groups is 1. The second-order valence-corrected chi connectivity index (χ2v) is 12.9. The van der Waals surface area contributed by atoms with E-state index in [-0.39, 0.29) is 24.0 Å². The summed E-state index contributed by atoms with van der Waals surface area (Å²) < 4.78 is 35.5. The average Bonchev–Trinajstić information content (AvgIpc) is 2.83. The monoisotopic (exact) mass is 556 g/mol. The number of nitrogens with one attached hydrogen (secondary N) is 2. The predicted octanol–water partition coefficient (Wildman–Crippen LogP) is 3.09. The van der Waals surface area contributed by atoms with Crippen molar-refractivity contribution in [1.29, 1.82) is 0 Å². The zero-order chi connectivity index (χ0) is 28.8. The second kappa shape index (κ2) is 16.2. The maximum absolute atomic E-state index is 13.2. The number of hydrogen-bond acceptors (Lipinski definition) is 8. The van der Waals surface area contributed by atoms with Crippen molar-refractivity contribution in [3.8, 4) is 0 Å². The molecule has 9 nitrogen and oxygen atoms in total. The largest absolute Gasteiger partial charge is 0.464 e. The fraction of sp³-hybridized carbons (Fsp3) is 0.714. The Balaban J connectivity index is 3.14. The Morgan fingerprint density at radius 1 is 1.11 bits per heavy atom. The van der Waals surface area contributed by atoms with Crippen molar-refractivity contribution in [2.24, 2.45) is 5.41 Å². The molecule has 2 unspecified atom stereocenters. The molecule has 0 aliphatic heterocycles. The molecule has 0 aliphatic rings. The van der Waals surface area contributed by atoms with Crippen LogP contribution < -0.4 is 10.9 Å². The number of esters is 1. The van der Waals surface area contributed by atoms with Gasteiger partial charge in [-0.05, 0) is 49.7 Å². The van der Waals surface area contributed by atoms with Gasteiger partial charge in [-0.2, -0.15) is 0 Å². The third-order valence-electron chi connectivity index (χ3n) is 6.63. The van der Waals surface area contributed by atoms with Gasteiger partial charge in [0.15, 0.2) is 15.9 Å². The van der Waals surface area contributed by atoms with Crippen molar-refractivity contribution >= 4 is 21.7 Å². The number of aliphatic hydroxyl groups is 1. The van der Waals surface area contributed by atoms with Crippen molar-refractivity contribution in [2.45, 2.75) is 84.7 Å². The van der Waals surface area contributed by atoms with Crippen LogP contribution in [0.25, 0.3) is 0 Å². The molecule has 0 saturated heterocycles. The number of amides is 1. The number of rotatable bonds is 19. The summed E-state index contributed by atoms with van der Waals surface area (Å²) in [5, 5.41) is 9.04. The van der Waals surface area contributed by atoms with Gasteiger partial charge in [0.25, 0.3) is 0 Å². The van der Waals surface area contributed by atoms with Crippen LogP contribution in [0.2, 0.25) is 0 Å². The minimum Gasteiger partial charge on any atom is -0.464 e. The van der Waals surface area contributed by atoms with E-state index in [1.807, 2.05) is 45.0 Å². The summed E-state index contributed by atoms with van der Waals surface area (Å²) in [6, 6.07) is 7.61. The molecule has 218 valence electrons. The molecule has 0 aliphatic carbocycles. The van der Waals surface area contributed by atoms with E-state index in [4.69, 9.17) is 14.6 Å². The maximum Gasteiger partial charge on any atom is 0.335 e. The molecule has 1 amide bonds. The zero-order valence-electron chi connectivity index (χ0n) is 24.0. The van der Waals surface area contributed by atoms with Gasteiger partial charge in [0.2, 0.25) is 5.91 Å². The number of unbranched alkanes of at least 4 members (excludes halogenated alkanes) is 1. The number of carbonyl (C=O) groups is 2. The molecule has 2 atom stereocenters. The van der Waals surface area contributed by atoms with E-state index < -0.39 is 39.3 Å². The normalized spacial score (nSPS) is 14.5. The van der Waals surface area contributed by atoms with Crippen LogP contribution in [-0.2, 0) is 40.7 Å². The zero-order valence-corrected chi connectivity index (χ0v) is 24.8. The van der Waals surface area contributed by atoms with Gasteiger partial charge in [0.05, 0.1) is 30.1 Å². The first-order chi connectivity index (χ1) is 17.8. The SMILES string of the molecule is CCCCOC(Cc1cccc(C(C)(CCCC(C)(C)CS(=O)(=O)CCO)C(=O)NNC)c1)C(=O)OCC. The number of hydrazine groups is 1. The van der Waals surface area contributed by atoms with E-state index in [2.05, 4.69) is 17.8 Å². The van der Waals surface area contributed by atoms with Gasteiger partial charge < -0.3 is 14.6 Å². The molecular formula is C28H48N2O7S. The summed E-state index contributed by atoms with van der Waals surface area (Å²) in [5.74, 6) is -0.879. The molecule has 1 aromatic rings. The van der Waals surface area contributed by atoms with Gasteiger partial charge in [0, 0.05) is 20.1 Å². The van der Waals surface area contributed by atoms with Gasteiger partial charge in [0.1, 0.15) is 0 Å². The Labute approximate surface area is 228 Å². The van der Waals surface area contributed by atoms with Crippen LogP contribution >= 0.6 is 0 Å². The van der Waals surface area contributed by atoms with E-state index in [1.165, 1.54) is 0 Å². The summed E-state index contributed by atoms with van der Waals surface area (Å²) in [4.78, 5) is 25.8. The number of ether oxygens (including phenoxy) is 2. The van der Waals surface area contributed by atoms with Gasteiger partial charge in [-0.15, -0.1) is 0 Å². The van der Waals surface area contributed by atoms with Crippen LogP contribution in [0.3, 0.4) is 0 Å². The first kappa shape index (κ1) is 34.0. The highest BCUT2D eigenvalue weighted by molar-refractivity contribution is 7.91. The molecule has 3 N–H and O–H groups in total. The van der Waals surface area contributed by atoms with E-state index in [0.29, 0.717) is 32.3 Å². The predicted molar refractivity (Wildman–Crippen MR) is 149 cm³/mol. The maximum atomic E-state index is 13.2. The van der Waals surface area contributed by atoms with Crippen LogP contribution in [0.1, 0.15) is 77.8 Å². The van der Waals surface area contributed by atoms with Gasteiger partial charge in [-0.1, -0.05) is 57.9 Å². The average molecular weight is 557 g/mol. The molecule has 38 heavy (non-hydrogen) atoms. The van der Waals surface area contributed by atoms with E-state index in [9.17, 15) is 18.0 Å². The topological polar surface area (TPSA) is 131 Å². The lowest BCUT2D eigenvalue weighted by molar-refractivity contribution is -0.156. The lowest BCUT2D eigenvalue weighted by atomic mass is 9.75. The lowest BCUT2D eigenvalue weighted by Crippen LogP contribution is -2.47. The quantitative estimate of drug-likeness (QED) is 0.135. The summed E-state index contributed by atoms with van der Waals surface area (Å²) in [7, 11) is -1.73. The Bertz CT molecular complexity index is 981. The molecule has 1 aromatic carbocycles. The number of carbonyl (C=O) groups excluding carboxylic acids is 2. The Hall–Kier alpha value is -2.01. The molecule has 0 spiro atoms. The summed E-state index contributed by atoms with van der Waals surface area (Å²) in [6.07, 6.45) is 3.10. The smallest absolute Gasteiger partial charge is 0.335 e. The van der Waals surface area contributed by atoms with Crippen molar-refractivity contribution < 1.29 is 32.6 Å². The molecule has 0 heterocycles. The highest BCUT2D eigenvalue weighted by Crippen LogP contribution is 2.34. The minimum absolute atomic E-state index is 0.0250. The van der Waals surface area contributed by atoms with Crippen LogP contribution in [0, 0.1) is 5.41 Å². The highest BCUT2D eigenvalue weighted by atomic mass is 32.2. The van der Waals surface area contributed by atoms with E-state index >= 15 is 0 Å². The van der Waals surface area contributed by atoms with Crippen molar-refractivity contribution in [3.05, 3.63) is 35.4 Å². The lowest BCUT2D eigenvalue weighted by Gasteiger charge is -2.31. The van der Waals surface area contributed by atoms with Crippen LogP contribution in [0.15, 0.2) is 24.3 Å². The minimum atomic E-state index is -3.36. The van der Waals surface area contributed by atoms with Gasteiger partial charge in [-0.25, -0.2) is 18.6 Å². The third-order valence-corrected chi connectivity index (χ3v) is 8.66. The Morgan fingerprint density at radius 3 is 2.42 bits per heavy atom. The third kappa shape index (κ3) is 11.4. The Kier molecular flexibility index (Phi) is 14.5. The van der Waals surface area contributed by atoms with Crippen molar-refractivity contribution in [2.75, 3.05) is 38.4 Å². The fourth-order valence-electron chi connectivity index (χ4n) is 4.51. The molecular weight excluding hydrogens is 508 g/mol. The molecule has 0 bridgehead atoms. The molecule has 0 fully saturated rings. The Morgan fingerprint density at radius 2 is 1.82 bits per heavy atom. The highest BCUT2D eigenvalue weighted by Gasteiger charge is 2.36. The number of hydrogen-bond donors (Lipinski definition) is 3. The first-order valence-electron chi connectivity index (χ1n) is 13.5. The van der Waals surface area contributed by atoms with Crippen LogP contribution in [0.5, 0.6) is 0 Å². The van der Waals surface area contributed by atoms with Gasteiger partial charge >= 0.3 is 5.97 Å². The summed E-state index contributed by atoms with van der Waals surface area (Å²) >= 11 is 0. The summed E-state index contributed by atoms with van der Waals surface area (Å²) in [6.45, 7) is 9.81.